The minimum atomic E-state index is -0.115. The molecule has 6 nitrogen and oxygen atoms in total. The van der Waals surface area contributed by atoms with Crippen molar-refractivity contribution in [3.05, 3.63) is 23.8 Å². The number of benzene rings is 1. The zero-order valence-corrected chi connectivity index (χ0v) is 12.4. The van der Waals surface area contributed by atoms with Crippen molar-refractivity contribution in [1.29, 1.82) is 0 Å². The van der Waals surface area contributed by atoms with E-state index in [0.717, 1.165) is 0 Å². The van der Waals surface area contributed by atoms with E-state index in [9.17, 15) is 9.59 Å². The molecule has 1 rings (SSSR count). The zero-order chi connectivity index (χ0) is 15.3. The van der Waals surface area contributed by atoms with Gasteiger partial charge in [0.2, 0.25) is 5.91 Å². The van der Waals surface area contributed by atoms with Gasteiger partial charge < -0.3 is 20.9 Å². The van der Waals surface area contributed by atoms with Crippen LogP contribution in [-0.2, 0) is 4.79 Å². The Kier molecular flexibility index (Phi) is 5.37. The SMILES string of the molecule is CCN(CC(=O)NC)c1cc(N)ccc1C(=O)N(C)C. The molecule has 0 atom stereocenters. The predicted octanol–water partition coefficient (Wildman–Crippen LogP) is 0.543. The Labute approximate surface area is 119 Å². The second kappa shape index (κ2) is 6.79. The Morgan fingerprint density at radius 1 is 1.30 bits per heavy atom. The molecule has 0 spiro atoms. The smallest absolute Gasteiger partial charge is 0.255 e. The zero-order valence-electron chi connectivity index (χ0n) is 12.4. The van der Waals surface area contributed by atoms with Crippen molar-refractivity contribution < 1.29 is 9.59 Å². The molecule has 110 valence electrons. The second-order valence-electron chi connectivity index (χ2n) is 4.66. The molecule has 2 amide bonds. The maximum atomic E-state index is 12.2. The van der Waals surface area contributed by atoms with Crippen LogP contribution < -0.4 is 16.0 Å². The number of likely N-dealkylation sites (N-methyl/N-ethyl adjacent to an activating group) is 2. The first kappa shape index (κ1) is 15.8. The van der Waals surface area contributed by atoms with Crippen molar-refractivity contribution in [2.45, 2.75) is 6.92 Å². The van der Waals surface area contributed by atoms with Gasteiger partial charge in [0, 0.05) is 33.4 Å². The van der Waals surface area contributed by atoms with Gasteiger partial charge in [0.15, 0.2) is 0 Å². The number of anilines is 2. The monoisotopic (exact) mass is 278 g/mol. The molecule has 3 N–H and O–H groups in total. The lowest BCUT2D eigenvalue weighted by Gasteiger charge is -2.25. The molecule has 1 aromatic rings. The van der Waals surface area contributed by atoms with Crippen molar-refractivity contribution in [3.8, 4) is 0 Å². The number of nitrogens with two attached hydrogens (primary N) is 1. The molecule has 0 radical (unpaired) electrons. The summed E-state index contributed by atoms with van der Waals surface area (Å²) in [4.78, 5) is 27.1. The van der Waals surface area contributed by atoms with Crippen LogP contribution in [0.4, 0.5) is 11.4 Å². The summed E-state index contributed by atoms with van der Waals surface area (Å²) in [7, 11) is 4.97. The fourth-order valence-electron chi connectivity index (χ4n) is 1.85. The quantitative estimate of drug-likeness (QED) is 0.771. The molecule has 0 aliphatic heterocycles. The molecule has 0 saturated heterocycles. The van der Waals surface area contributed by atoms with E-state index >= 15 is 0 Å². The number of rotatable bonds is 5. The van der Waals surface area contributed by atoms with Gasteiger partial charge in [0.05, 0.1) is 17.8 Å². The summed E-state index contributed by atoms with van der Waals surface area (Å²) in [5.74, 6) is -0.229. The average molecular weight is 278 g/mol. The summed E-state index contributed by atoms with van der Waals surface area (Å²) in [6, 6.07) is 5.11. The van der Waals surface area contributed by atoms with Crippen LogP contribution >= 0.6 is 0 Å². The maximum absolute atomic E-state index is 12.2. The van der Waals surface area contributed by atoms with Gasteiger partial charge in [-0.2, -0.15) is 0 Å². The topological polar surface area (TPSA) is 78.7 Å². The molecular weight excluding hydrogens is 256 g/mol. The Balaban J connectivity index is 3.22. The van der Waals surface area contributed by atoms with E-state index in [1.807, 2.05) is 11.8 Å². The number of carbonyl (C=O) groups is 2. The van der Waals surface area contributed by atoms with E-state index in [0.29, 0.717) is 23.5 Å². The third kappa shape index (κ3) is 3.63. The fraction of sp³-hybridized carbons (Fsp3) is 0.429. The van der Waals surface area contributed by atoms with Crippen LogP contribution in [0.25, 0.3) is 0 Å². The van der Waals surface area contributed by atoms with E-state index in [1.165, 1.54) is 4.90 Å². The van der Waals surface area contributed by atoms with Crippen molar-refractivity contribution in [2.24, 2.45) is 0 Å². The molecule has 0 heterocycles. The van der Waals surface area contributed by atoms with Gasteiger partial charge in [0.25, 0.3) is 5.91 Å². The van der Waals surface area contributed by atoms with E-state index in [4.69, 9.17) is 5.73 Å². The molecule has 0 bridgehead atoms. The molecule has 1 aromatic carbocycles. The molecule has 0 aliphatic rings. The van der Waals surface area contributed by atoms with Gasteiger partial charge in [-0.05, 0) is 25.1 Å². The van der Waals surface area contributed by atoms with E-state index in [2.05, 4.69) is 5.32 Å². The van der Waals surface area contributed by atoms with Crippen LogP contribution in [-0.4, -0.2) is 50.9 Å². The highest BCUT2D eigenvalue weighted by atomic mass is 16.2. The van der Waals surface area contributed by atoms with Gasteiger partial charge in [-0.1, -0.05) is 0 Å². The average Bonchev–Trinajstić information content (AvgIpc) is 2.43. The van der Waals surface area contributed by atoms with Crippen LogP contribution in [0.2, 0.25) is 0 Å². The number of hydrogen-bond donors (Lipinski definition) is 2. The van der Waals surface area contributed by atoms with Crippen molar-refractivity contribution in [1.82, 2.24) is 10.2 Å². The number of hydrogen-bond acceptors (Lipinski definition) is 4. The fourth-order valence-corrected chi connectivity index (χ4v) is 1.85. The molecule has 20 heavy (non-hydrogen) atoms. The summed E-state index contributed by atoms with van der Waals surface area (Å²) < 4.78 is 0. The van der Waals surface area contributed by atoms with Crippen molar-refractivity contribution >= 4 is 23.2 Å². The molecule has 6 heteroatoms. The number of amides is 2. The van der Waals surface area contributed by atoms with Crippen LogP contribution in [0.1, 0.15) is 17.3 Å². The van der Waals surface area contributed by atoms with Gasteiger partial charge in [0.1, 0.15) is 0 Å². The van der Waals surface area contributed by atoms with Crippen LogP contribution in [0.5, 0.6) is 0 Å². The van der Waals surface area contributed by atoms with E-state index in [-0.39, 0.29) is 18.4 Å². The van der Waals surface area contributed by atoms with Gasteiger partial charge >= 0.3 is 0 Å². The summed E-state index contributed by atoms with van der Waals surface area (Å²) in [6.45, 7) is 2.71. The molecule has 0 aromatic heterocycles. The van der Waals surface area contributed by atoms with Crippen LogP contribution in [0.15, 0.2) is 18.2 Å². The third-order valence-corrected chi connectivity index (χ3v) is 2.99. The van der Waals surface area contributed by atoms with E-state index in [1.54, 1.807) is 39.3 Å². The highest BCUT2D eigenvalue weighted by molar-refractivity contribution is 6.00. The second-order valence-corrected chi connectivity index (χ2v) is 4.66. The third-order valence-electron chi connectivity index (χ3n) is 2.99. The normalized spacial score (nSPS) is 10.0. The largest absolute Gasteiger partial charge is 0.399 e. The van der Waals surface area contributed by atoms with Crippen molar-refractivity contribution in [3.63, 3.8) is 0 Å². The summed E-state index contributed by atoms with van der Waals surface area (Å²) >= 11 is 0. The summed E-state index contributed by atoms with van der Waals surface area (Å²) in [5.41, 5.74) is 7.58. The lowest BCUT2D eigenvalue weighted by atomic mass is 10.1. The Bertz CT molecular complexity index is 500. The minimum absolute atomic E-state index is 0.113. The molecule has 0 aliphatic carbocycles. The Hall–Kier alpha value is -2.24. The standard InChI is InChI=1S/C14H22N4O2/c1-5-18(9-13(19)16-2)12-8-10(15)6-7-11(12)14(20)17(3)4/h6-8H,5,9,15H2,1-4H3,(H,16,19). The first-order valence-corrected chi connectivity index (χ1v) is 6.47. The Morgan fingerprint density at radius 2 is 1.95 bits per heavy atom. The van der Waals surface area contributed by atoms with Gasteiger partial charge in [-0.25, -0.2) is 0 Å². The highest BCUT2D eigenvalue weighted by Gasteiger charge is 2.19. The number of nitrogen functional groups attached to an aromatic ring is 1. The predicted molar refractivity (Wildman–Crippen MR) is 80.8 cm³/mol. The summed E-state index contributed by atoms with van der Waals surface area (Å²) in [5, 5.41) is 2.58. The number of nitrogens with one attached hydrogen (secondary N) is 1. The number of nitrogens with zero attached hydrogens (tertiary/aromatic N) is 2. The molecule has 0 unspecified atom stereocenters. The van der Waals surface area contributed by atoms with Gasteiger partial charge in [-0.15, -0.1) is 0 Å². The molecule has 0 fully saturated rings. The highest BCUT2D eigenvalue weighted by Crippen LogP contribution is 2.24. The van der Waals surface area contributed by atoms with Crippen LogP contribution in [0, 0.1) is 0 Å². The lowest BCUT2D eigenvalue weighted by Crippen LogP contribution is -2.37. The lowest BCUT2D eigenvalue weighted by molar-refractivity contribution is -0.119. The van der Waals surface area contributed by atoms with E-state index < -0.39 is 0 Å². The maximum Gasteiger partial charge on any atom is 0.255 e. The Morgan fingerprint density at radius 3 is 2.45 bits per heavy atom. The first-order valence-electron chi connectivity index (χ1n) is 6.47. The summed E-state index contributed by atoms with van der Waals surface area (Å²) in [6.07, 6.45) is 0. The van der Waals surface area contributed by atoms with Crippen molar-refractivity contribution in [2.75, 3.05) is 44.9 Å². The van der Waals surface area contributed by atoms with Gasteiger partial charge in [-0.3, -0.25) is 9.59 Å². The minimum Gasteiger partial charge on any atom is -0.399 e. The molecular formula is C14H22N4O2. The van der Waals surface area contributed by atoms with Crippen LogP contribution in [0.3, 0.4) is 0 Å². The number of carbonyl (C=O) groups excluding carboxylic acids is 2. The first-order chi connectivity index (χ1) is 9.40. The molecule has 0 saturated carbocycles.